The Morgan fingerprint density at radius 1 is 1.12 bits per heavy atom. The van der Waals surface area contributed by atoms with E-state index in [0.29, 0.717) is 17.0 Å². The van der Waals surface area contributed by atoms with Gasteiger partial charge in [0.25, 0.3) is 0 Å². The first kappa shape index (κ1) is 16.4. The van der Waals surface area contributed by atoms with Crippen LogP contribution < -0.4 is 25.0 Å². The first-order chi connectivity index (χ1) is 11.5. The number of amides is 1. The zero-order valence-corrected chi connectivity index (χ0v) is 13.9. The minimum atomic E-state index is -3.62. The van der Waals surface area contributed by atoms with Gasteiger partial charge in [0.15, 0.2) is 0 Å². The van der Waals surface area contributed by atoms with Crippen molar-refractivity contribution in [3.8, 4) is 5.75 Å². The van der Waals surface area contributed by atoms with Crippen LogP contribution in [0.2, 0.25) is 0 Å². The third kappa shape index (κ3) is 3.52. The van der Waals surface area contributed by atoms with Crippen molar-refractivity contribution < 1.29 is 22.9 Å². The molecule has 0 aliphatic carbocycles. The molecule has 0 bridgehead atoms. The normalized spacial score (nSPS) is 13.1. The van der Waals surface area contributed by atoms with Crippen LogP contribution in [0.1, 0.15) is 5.56 Å². The van der Waals surface area contributed by atoms with E-state index in [1.54, 1.807) is 13.2 Å². The highest BCUT2D eigenvalue weighted by atomic mass is 32.2. The van der Waals surface area contributed by atoms with Gasteiger partial charge in [-0.25, -0.2) is 17.9 Å². The number of hydrogen-bond donors (Lipinski definition) is 2. The molecule has 1 aliphatic heterocycles. The number of hydrogen-bond acceptors (Lipinski definition) is 4. The summed E-state index contributed by atoms with van der Waals surface area (Å²) in [4.78, 5) is 14.1. The van der Waals surface area contributed by atoms with E-state index in [1.165, 1.54) is 18.2 Å². The Morgan fingerprint density at radius 3 is 2.58 bits per heavy atom. The molecular weight excluding hydrogens is 328 g/mol. The van der Waals surface area contributed by atoms with Crippen LogP contribution in [0, 0.1) is 0 Å². The zero-order valence-electron chi connectivity index (χ0n) is 13.1. The van der Waals surface area contributed by atoms with Crippen LogP contribution in [0.4, 0.5) is 0 Å². The van der Waals surface area contributed by atoms with E-state index in [-0.39, 0.29) is 17.3 Å². The summed E-state index contributed by atoms with van der Waals surface area (Å²) >= 11 is 0. The van der Waals surface area contributed by atoms with Crippen LogP contribution in [-0.2, 0) is 21.2 Å². The maximum absolute atomic E-state index is 12.4. The van der Waals surface area contributed by atoms with Gasteiger partial charge in [-0.3, -0.25) is 0 Å². The lowest BCUT2D eigenvalue weighted by molar-refractivity contribution is -0.406. The summed E-state index contributed by atoms with van der Waals surface area (Å²) in [5, 5.41) is 1.20. The van der Waals surface area contributed by atoms with Gasteiger partial charge in [0.2, 0.25) is 15.4 Å². The van der Waals surface area contributed by atoms with E-state index in [2.05, 4.69) is 9.71 Å². The molecule has 2 N–H and O–H groups in total. The van der Waals surface area contributed by atoms with Gasteiger partial charge in [-0.05, 0) is 36.2 Å². The lowest BCUT2D eigenvalue weighted by Crippen LogP contribution is -2.79. The second kappa shape index (κ2) is 6.54. The number of fused-ring (bicyclic) bond motifs is 1. The van der Waals surface area contributed by atoms with Crippen LogP contribution in [0.3, 0.4) is 0 Å². The summed E-state index contributed by atoms with van der Waals surface area (Å²) in [6.07, 6.45) is 1.95. The van der Waals surface area contributed by atoms with Crippen molar-refractivity contribution in [2.45, 2.75) is 11.3 Å². The molecule has 7 heteroatoms. The minimum Gasteiger partial charge on any atom is -0.497 e. The molecule has 0 unspecified atom stereocenters. The molecule has 0 radical (unpaired) electrons. The molecule has 24 heavy (non-hydrogen) atoms. The standard InChI is InChI=1S/C17H16N2O4S/c1-23-14-4-2-12(3-5-14)8-9-18-24(21,22)15-6-7-16-13(10-15)11-17(20)19-16/h2-7,10-11,18H,8-9H2,1H3/p+1. The van der Waals surface area contributed by atoms with Gasteiger partial charge in [0.1, 0.15) is 5.75 Å². The summed E-state index contributed by atoms with van der Waals surface area (Å²) < 4.78 is 32.4. The van der Waals surface area contributed by atoms with Crippen molar-refractivity contribution >= 4 is 22.0 Å². The van der Waals surface area contributed by atoms with Crippen LogP contribution in [0.25, 0.3) is 6.08 Å². The first-order valence-corrected chi connectivity index (χ1v) is 8.89. The van der Waals surface area contributed by atoms with Crippen molar-refractivity contribution in [3.63, 3.8) is 0 Å². The predicted octanol–water partition coefficient (Wildman–Crippen LogP) is -1.76. The topological polar surface area (TPSA) is 86.4 Å². The molecule has 0 atom stereocenters. The van der Waals surface area contributed by atoms with E-state index in [1.807, 2.05) is 24.3 Å². The number of rotatable bonds is 6. The fraction of sp³-hybridized carbons (Fsp3) is 0.176. The fourth-order valence-corrected chi connectivity index (χ4v) is 3.52. The highest BCUT2D eigenvalue weighted by Gasteiger charge is 2.17. The smallest absolute Gasteiger partial charge is 0.411 e. The number of carbonyl (C=O) groups is 1. The van der Waals surface area contributed by atoms with Gasteiger partial charge < -0.3 is 4.74 Å². The van der Waals surface area contributed by atoms with Gasteiger partial charge >= 0.3 is 5.91 Å². The highest BCUT2D eigenvalue weighted by Crippen LogP contribution is 2.11. The van der Waals surface area contributed by atoms with Gasteiger partial charge in [-0.1, -0.05) is 12.1 Å². The van der Waals surface area contributed by atoms with E-state index in [4.69, 9.17) is 4.74 Å². The molecule has 0 spiro atoms. The molecule has 3 rings (SSSR count). The van der Waals surface area contributed by atoms with E-state index in [9.17, 15) is 13.2 Å². The monoisotopic (exact) mass is 345 g/mol. The molecule has 6 nitrogen and oxygen atoms in total. The Morgan fingerprint density at radius 2 is 1.88 bits per heavy atom. The third-order valence-corrected chi connectivity index (χ3v) is 5.20. The molecule has 0 saturated carbocycles. The average molecular weight is 345 g/mol. The summed E-state index contributed by atoms with van der Waals surface area (Å²) in [6, 6.07) is 12.0. The molecule has 2 aromatic carbocycles. The van der Waals surface area contributed by atoms with Gasteiger partial charge in [0, 0.05) is 12.6 Å². The van der Waals surface area contributed by atoms with Crippen molar-refractivity contribution in [1.82, 2.24) is 4.72 Å². The number of sulfonamides is 1. The molecule has 0 saturated heterocycles. The van der Waals surface area contributed by atoms with Crippen molar-refractivity contribution in [1.29, 1.82) is 0 Å². The Bertz CT molecular complexity index is 996. The van der Waals surface area contributed by atoms with E-state index < -0.39 is 10.0 Å². The van der Waals surface area contributed by atoms with Crippen LogP contribution in [0.15, 0.2) is 47.4 Å². The molecule has 1 aliphatic rings. The fourth-order valence-electron chi connectivity index (χ4n) is 2.46. The molecule has 124 valence electrons. The maximum atomic E-state index is 12.4. The predicted molar refractivity (Wildman–Crippen MR) is 87.1 cm³/mol. The number of methoxy groups -OCH3 is 1. The number of ether oxygens (including phenoxy) is 1. The molecule has 2 aromatic rings. The molecule has 0 fully saturated rings. The van der Waals surface area contributed by atoms with Crippen LogP contribution in [0.5, 0.6) is 5.75 Å². The lowest BCUT2D eigenvalue weighted by atomic mass is 10.1. The number of nitrogens with one attached hydrogen (secondary N) is 2. The van der Waals surface area contributed by atoms with Crippen molar-refractivity contribution in [2.24, 2.45) is 0 Å². The quantitative estimate of drug-likeness (QED) is 0.649. The Labute approximate surface area is 139 Å². The zero-order chi connectivity index (χ0) is 17.2. The van der Waals surface area contributed by atoms with Crippen molar-refractivity contribution in [2.75, 3.05) is 13.7 Å². The van der Waals surface area contributed by atoms with Gasteiger partial charge in [-0.15, -0.1) is 0 Å². The largest absolute Gasteiger partial charge is 0.497 e. The second-order valence-electron chi connectivity index (χ2n) is 5.38. The molecule has 1 heterocycles. The Hall–Kier alpha value is -2.51. The highest BCUT2D eigenvalue weighted by molar-refractivity contribution is 7.89. The average Bonchev–Trinajstić information content (AvgIpc) is 2.94. The molecule has 1 amide bonds. The van der Waals surface area contributed by atoms with Crippen molar-refractivity contribution in [3.05, 3.63) is 58.6 Å². The third-order valence-electron chi connectivity index (χ3n) is 3.74. The minimum absolute atomic E-state index is 0.142. The lowest BCUT2D eigenvalue weighted by Gasteiger charge is -2.07. The number of carbonyl (C=O) groups excluding carboxylic acids is 1. The van der Waals surface area contributed by atoms with Crippen LogP contribution in [-0.4, -0.2) is 28.0 Å². The summed E-state index contributed by atoms with van der Waals surface area (Å²) in [5.74, 6) is 0.517. The summed E-state index contributed by atoms with van der Waals surface area (Å²) in [6.45, 7) is 0.284. The summed E-state index contributed by atoms with van der Waals surface area (Å²) in [7, 11) is -2.02. The van der Waals surface area contributed by atoms with Crippen LogP contribution >= 0.6 is 0 Å². The number of benzene rings is 2. The molecule has 0 aromatic heterocycles. The Kier molecular flexibility index (Phi) is 4.46. The van der Waals surface area contributed by atoms with E-state index in [0.717, 1.165) is 11.3 Å². The summed E-state index contributed by atoms with van der Waals surface area (Å²) in [5.41, 5.74) is 1.01. The SMILES string of the molecule is COc1ccc(CCNS(=O)(=O)c2ccc3c(c2)=CC(=O)[NH+]=3)cc1. The van der Waals surface area contributed by atoms with Gasteiger partial charge in [0.05, 0.1) is 23.3 Å². The van der Waals surface area contributed by atoms with E-state index >= 15 is 0 Å². The first-order valence-electron chi connectivity index (χ1n) is 7.40. The second-order valence-corrected chi connectivity index (χ2v) is 7.15. The Balaban J connectivity index is 1.68. The van der Waals surface area contributed by atoms with Gasteiger partial charge in [-0.2, -0.15) is 4.99 Å². The maximum Gasteiger partial charge on any atom is 0.411 e. The molecular formula is C17H17N2O4S+.